The number of hydrogen-bond donors (Lipinski definition) is 2. The van der Waals surface area contributed by atoms with Crippen molar-refractivity contribution in [1.82, 2.24) is 4.98 Å². The van der Waals surface area contributed by atoms with Gasteiger partial charge in [-0.1, -0.05) is 81.9 Å². The lowest BCUT2D eigenvalue weighted by atomic mass is 10.0. The van der Waals surface area contributed by atoms with Crippen LogP contribution >= 0.6 is 27.3 Å². The SMILES string of the molecule is O=C(Nc1ncc(-c2ccc(Cc3ccccc3)cc2)s1)c1cc(Br)ccc1O. The van der Waals surface area contributed by atoms with Crippen molar-refractivity contribution >= 4 is 38.3 Å². The highest BCUT2D eigenvalue weighted by Crippen LogP contribution is 2.30. The lowest BCUT2D eigenvalue weighted by Gasteiger charge is -2.05. The minimum Gasteiger partial charge on any atom is -0.507 e. The Bertz CT molecular complexity index is 1140. The van der Waals surface area contributed by atoms with Crippen LogP contribution in [0.15, 0.2) is 83.5 Å². The molecule has 0 unspecified atom stereocenters. The molecule has 0 radical (unpaired) electrons. The molecule has 0 bridgehead atoms. The summed E-state index contributed by atoms with van der Waals surface area (Å²) in [4.78, 5) is 17.7. The van der Waals surface area contributed by atoms with Crippen molar-refractivity contribution in [2.24, 2.45) is 0 Å². The van der Waals surface area contributed by atoms with Crippen molar-refractivity contribution in [3.05, 3.63) is 100 Å². The molecule has 0 aliphatic heterocycles. The molecule has 0 spiro atoms. The summed E-state index contributed by atoms with van der Waals surface area (Å²) in [5.41, 5.74) is 3.76. The summed E-state index contributed by atoms with van der Waals surface area (Å²) in [5, 5.41) is 13.1. The Labute approximate surface area is 181 Å². The normalized spacial score (nSPS) is 10.7. The number of hydrogen-bond acceptors (Lipinski definition) is 4. The van der Waals surface area contributed by atoms with E-state index in [-0.39, 0.29) is 11.3 Å². The number of aromatic hydroxyl groups is 1. The lowest BCUT2D eigenvalue weighted by molar-refractivity contribution is 0.102. The quantitative estimate of drug-likeness (QED) is 0.373. The maximum absolute atomic E-state index is 12.4. The van der Waals surface area contributed by atoms with Gasteiger partial charge < -0.3 is 5.11 Å². The molecule has 0 aliphatic rings. The second-order valence-corrected chi connectivity index (χ2v) is 8.45. The first-order valence-electron chi connectivity index (χ1n) is 8.97. The van der Waals surface area contributed by atoms with Gasteiger partial charge in [0, 0.05) is 10.7 Å². The predicted molar refractivity (Wildman–Crippen MR) is 121 cm³/mol. The molecule has 0 atom stereocenters. The van der Waals surface area contributed by atoms with Gasteiger partial charge in [0.25, 0.3) is 5.91 Å². The number of anilines is 1. The molecule has 0 aliphatic carbocycles. The molecule has 1 heterocycles. The summed E-state index contributed by atoms with van der Waals surface area (Å²) in [5.74, 6) is -0.473. The molecule has 4 rings (SSSR count). The van der Waals surface area contributed by atoms with Gasteiger partial charge in [0.1, 0.15) is 5.75 Å². The van der Waals surface area contributed by atoms with E-state index in [1.807, 2.05) is 18.2 Å². The van der Waals surface area contributed by atoms with Crippen molar-refractivity contribution in [3.8, 4) is 16.2 Å². The van der Waals surface area contributed by atoms with Crippen LogP contribution in [-0.2, 0) is 6.42 Å². The molecular formula is C23H17BrN2O2S. The second-order valence-electron chi connectivity index (χ2n) is 6.50. The van der Waals surface area contributed by atoms with E-state index in [4.69, 9.17) is 0 Å². The third kappa shape index (κ3) is 4.72. The molecule has 4 aromatic rings. The van der Waals surface area contributed by atoms with E-state index in [1.165, 1.54) is 28.5 Å². The van der Waals surface area contributed by atoms with Crippen molar-refractivity contribution < 1.29 is 9.90 Å². The number of benzene rings is 3. The van der Waals surface area contributed by atoms with Crippen LogP contribution in [0.1, 0.15) is 21.5 Å². The topological polar surface area (TPSA) is 62.2 Å². The molecule has 0 saturated carbocycles. The first-order valence-corrected chi connectivity index (χ1v) is 10.6. The van der Waals surface area contributed by atoms with Crippen LogP contribution in [-0.4, -0.2) is 16.0 Å². The predicted octanol–water partition coefficient (Wildman–Crippen LogP) is 6.12. The lowest BCUT2D eigenvalue weighted by Crippen LogP contribution is -2.11. The van der Waals surface area contributed by atoms with Gasteiger partial charge >= 0.3 is 0 Å². The van der Waals surface area contributed by atoms with Crippen LogP contribution in [0.3, 0.4) is 0 Å². The molecule has 0 saturated heterocycles. The van der Waals surface area contributed by atoms with Crippen LogP contribution in [0.2, 0.25) is 0 Å². The standard InChI is InChI=1S/C23H17BrN2O2S/c24-18-10-11-20(27)19(13-18)22(28)26-23-25-14-21(29-23)17-8-6-16(7-9-17)12-15-4-2-1-3-5-15/h1-11,13-14,27H,12H2,(H,25,26,28). The van der Waals surface area contributed by atoms with E-state index >= 15 is 0 Å². The first kappa shape index (κ1) is 19.4. The van der Waals surface area contributed by atoms with Gasteiger partial charge in [-0.3, -0.25) is 10.1 Å². The number of amides is 1. The molecule has 29 heavy (non-hydrogen) atoms. The van der Waals surface area contributed by atoms with Crippen LogP contribution in [0.25, 0.3) is 10.4 Å². The van der Waals surface area contributed by atoms with Crippen molar-refractivity contribution in [2.45, 2.75) is 6.42 Å². The number of phenols is 1. The summed E-state index contributed by atoms with van der Waals surface area (Å²) in [6.45, 7) is 0. The third-order valence-corrected chi connectivity index (χ3v) is 5.87. The minimum atomic E-state index is -0.400. The van der Waals surface area contributed by atoms with Crippen LogP contribution < -0.4 is 5.32 Å². The van der Waals surface area contributed by atoms with E-state index < -0.39 is 5.91 Å². The zero-order valence-electron chi connectivity index (χ0n) is 15.3. The maximum Gasteiger partial charge on any atom is 0.261 e. The summed E-state index contributed by atoms with van der Waals surface area (Å²) >= 11 is 4.70. The molecule has 2 N–H and O–H groups in total. The highest BCUT2D eigenvalue weighted by atomic mass is 79.9. The fourth-order valence-corrected chi connectivity index (χ4v) is 4.12. The summed E-state index contributed by atoms with van der Waals surface area (Å²) in [7, 11) is 0. The van der Waals surface area contributed by atoms with Gasteiger partial charge in [-0.15, -0.1) is 0 Å². The molecule has 6 heteroatoms. The molecule has 4 nitrogen and oxygen atoms in total. The van der Waals surface area contributed by atoms with Gasteiger partial charge in [-0.2, -0.15) is 0 Å². The number of rotatable bonds is 5. The van der Waals surface area contributed by atoms with E-state index in [1.54, 1.807) is 18.3 Å². The highest BCUT2D eigenvalue weighted by Gasteiger charge is 2.14. The fourth-order valence-electron chi connectivity index (χ4n) is 2.94. The number of aromatic nitrogens is 1. The van der Waals surface area contributed by atoms with Crippen molar-refractivity contribution in [3.63, 3.8) is 0 Å². The Balaban J connectivity index is 1.46. The van der Waals surface area contributed by atoms with Gasteiger partial charge in [0.2, 0.25) is 0 Å². The van der Waals surface area contributed by atoms with Crippen LogP contribution in [0, 0.1) is 0 Å². The van der Waals surface area contributed by atoms with Gasteiger partial charge in [0.05, 0.1) is 10.4 Å². The molecular weight excluding hydrogens is 448 g/mol. The Morgan fingerprint density at radius 3 is 2.48 bits per heavy atom. The molecule has 1 aromatic heterocycles. The van der Waals surface area contributed by atoms with Crippen LogP contribution in [0.4, 0.5) is 5.13 Å². The van der Waals surface area contributed by atoms with Crippen molar-refractivity contribution in [1.29, 1.82) is 0 Å². The monoisotopic (exact) mass is 464 g/mol. The Morgan fingerprint density at radius 2 is 1.72 bits per heavy atom. The van der Waals surface area contributed by atoms with Gasteiger partial charge in [-0.05, 0) is 41.3 Å². The Kier molecular flexibility index (Phi) is 5.74. The number of nitrogens with one attached hydrogen (secondary N) is 1. The van der Waals surface area contributed by atoms with Crippen molar-refractivity contribution in [2.75, 3.05) is 5.32 Å². The van der Waals surface area contributed by atoms with E-state index in [0.29, 0.717) is 5.13 Å². The third-order valence-electron chi connectivity index (χ3n) is 4.42. The zero-order valence-corrected chi connectivity index (χ0v) is 17.7. The Morgan fingerprint density at radius 1 is 1.00 bits per heavy atom. The van der Waals surface area contributed by atoms with Gasteiger partial charge in [-0.25, -0.2) is 4.98 Å². The minimum absolute atomic E-state index is 0.0727. The number of phenolic OH excluding ortho intramolecular Hbond substituents is 1. The Hall–Kier alpha value is -2.96. The molecule has 1 amide bonds. The average molecular weight is 465 g/mol. The fraction of sp³-hybridized carbons (Fsp3) is 0.0435. The smallest absolute Gasteiger partial charge is 0.261 e. The first-order chi connectivity index (χ1) is 14.1. The molecule has 0 fully saturated rings. The number of thiazole rings is 1. The number of carbonyl (C=O) groups is 1. The molecule has 3 aromatic carbocycles. The van der Waals surface area contributed by atoms with E-state index in [0.717, 1.165) is 21.3 Å². The second kappa shape index (κ2) is 8.59. The highest BCUT2D eigenvalue weighted by molar-refractivity contribution is 9.10. The summed E-state index contributed by atoms with van der Waals surface area (Å²) in [6.07, 6.45) is 2.63. The van der Waals surface area contributed by atoms with Gasteiger partial charge in [0.15, 0.2) is 5.13 Å². The van der Waals surface area contributed by atoms with Crippen LogP contribution in [0.5, 0.6) is 5.75 Å². The average Bonchev–Trinajstić information content (AvgIpc) is 3.19. The number of carbonyl (C=O) groups excluding carboxylic acids is 1. The zero-order chi connectivity index (χ0) is 20.2. The summed E-state index contributed by atoms with van der Waals surface area (Å²) in [6, 6.07) is 23.4. The number of nitrogens with zero attached hydrogens (tertiary/aromatic N) is 1. The maximum atomic E-state index is 12.4. The number of halogens is 1. The molecule has 144 valence electrons. The summed E-state index contributed by atoms with van der Waals surface area (Å²) < 4.78 is 0.718. The largest absolute Gasteiger partial charge is 0.507 e. The van der Waals surface area contributed by atoms with E-state index in [9.17, 15) is 9.90 Å². The van der Waals surface area contributed by atoms with E-state index in [2.05, 4.69) is 62.6 Å².